The number of rotatable bonds is 5. The number of carboxylic acid groups (broad SMARTS) is 1. The van der Waals surface area contributed by atoms with Gasteiger partial charge < -0.3 is 5.11 Å². The fourth-order valence-electron chi connectivity index (χ4n) is 0.950. The van der Waals surface area contributed by atoms with Gasteiger partial charge in [0.1, 0.15) is 10.9 Å². The number of sulfonamides is 1. The van der Waals surface area contributed by atoms with Gasteiger partial charge in [0.15, 0.2) is 0 Å². The highest BCUT2D eigenvalue weighted by molar-refractivity contribution is 7.89. The Bertz CT molecular complexity index is 425. The third-order valence-electron chi connectivity index (χ3n) is 1.79. The monoisotopic (exact) mass is 233 g/mol. The van der Waals surface area contributed by atoms with Crippen LogP contribution in [0.1, 0.15) is 13.3 Å². The molecular formula is C7H11N3O4S. The van der Waals surface area contributed by atoms with Crippen molar-refractivity contribution in [1.82, 2.24) is 14.9 Å². The molecule has 0 bridgehead atoms. The molecular weight excluding hydrogens is 222 g/mol. The van der Waals surface area contributed by atoms with Crippen LogP contribution in [0.5, 0.6) is 0 Å². The average molecular weight is 233 g/mol. The van der Waals surface area contributed by atoms with Crippen molar-refractivity contribution in [3.8, 4) is 0 Å². The second kappa shape index (κ2) is 4.41. The van der Waals surface area contributed by atoms with Gasteiger partial charge in [-0.15, -0.1) is 0 Å². The summed E-state index contributed by atoms with van der Waals surface area (Å²) in [6.45, 7) is 1.58. The summed E-state index contributed by atoms with van der Waals surface area (Å²) in [4.78, 5) is 10.5. The van der Waals surface area contributed by atoms with Crippen molar-refractivity contribution in [1.29, 1.82) is 0 Å². The number of hydrogen-bond acceptors (Lipinski definition) is 4. The zero-order valence-corrected chi connectivity index (χ0v) is 8.78. The van der Waals surface area contributed by atoms with E-state index in [9.17, 15) is 13.2 Å². The number of H-pyrrole nitrogens is 1. The van der Waals surface area contributed by atoms with Gasteiger partial charge >= 0.3 is 5.97 Å². The predicted molar refractivity (Wildman–Crippen MR) is 50.6 cm³/mol. The van der Waals surface area contributed by atoms with Crippen LogP contribution < -0.4 is 4.72 Å². The molecule has 0 fully saturated rings. The Balaban J connectivity index is 2.86. The van der Waals surface area contributed by atoms with Gasteiger partial charge in [0.2, 0.25) is 10.0 Å². The van der Waals surface area contributed by atoms with Crippen LogP contribution in [0.2, 0.25) is 0 Å². The smallest absolute Gasteiger partial charge is 0.321 e. The Morgan fingerprint density at radius 1 is 1.73 bits per heavy atom. The summed E-state index contributed by atoms with van der Waals surface area (Å²) in [6.07, 6.45) is 2.46. The van der Waals surface area contributed by atoms with Gasteiger partial charge in [-0.3, -0.25) is 9.89 Å². The molecule has 0 aliphatic heterocycles. The maximum atomic E-state index is 11.5. The summed E-state index contributed by atoms with van der Waals surface area (Å²) < 4.78 is 25.1. The van der Waals surface area contributed by atoms with Crippen LogP contribution in [0.3, 0.4) is 0 Å². The number of aliphatic carboxylic acids is 1. The van der Waals surface area contributed by atoms with Crippen molar-refractivity contribution in [3.05, 3.63) is 12.4 Å². The van der Waals surface area contributed by atoms with Crippen molar-refractivity contribution < 1.29 is 18.3 Å². The zero-order chi connectivity index (χ0) is 11.5. The highest BCUT2D eigenvalue weighted by Gasteiger charge is 2.24. The Labute approximate surface area is 86.6 Å². The number of nitrogens with one attached hydrogen (secondary N) is 2. The van der Waals surface area contributed by atoms with Crippen molar-refractivity contribution in [3.63, 3.8) is 0 Å². The second-order valence-corrected chi connectivity index (χ2v) is 4.57. The van der Waals surface area contributed by atoms with Gasteiger partial charge in [0.05, 0.1) is 6.20 Å². The van der Waals surface area contributed by atoms with Crippen molar-refractivity contribution in [2.24, 2.45) is 0 Å². The van der Waals surface area contributed by atoms with Crippen molar-refractivity contribution in [2.75, 3.05) is 0 Å². The Morgan fingerprint density at radius 2 is 2.40 bits per heavy atom. The first-order valence-electron chi connectivity index (χ1n) is 4.21. The second-order valence-electron chi connectivity index (χ2n) is 2.85. The maximum absolute atomic E-state index is 11.5. The molecule has 7 nitrogen and oxygen atoms in total. The van der Waals surface area contributed by atoms with Crippen LogP contribution >= 0.6 is 0 Å². The lowest BCUT2D eigenvalue weighted by Gasteiger charge is -2.11. The summed E-state index contributed by atoms with van der Waals surface area (Å²) in [7, 11) is -3.80. The topological polar surface area (TPSA) is 112 Å². The number of carbonyl (C=O) groups is 1. The molecule has 1 heterocycles. The molecule has 0 saturated heterocycles. The van der Waals surface area contributed by atoms with Crippen molar-refractivity contribution >= 4 is 16.0 Å². The molecule has 8 heteroatoms. The number of carboxylic acids is 1. The Morgan fingerprint density at radius 3 is 2.80 bits per heavy atom. The van der Waals surface area contributed by atoms with E-state index in [1.54, 1.807) is 6.92 Å². The van der Waals surface area contributed by atoms with E-state index in [1.165, 1.54) is 6.20 Å². The first kappa shape index (κ1) is 11.7. The lowest BCUT2D eigenvalue weighted by molar-refractivity contribution is -0.139. The minimum Gasteiger partial charge on any atom is -0.480 e. The summed E-state index contributed by atoms with van der Waals surface area (Å²) in [5, 5.41) is 14.5. The predicted octanol–water partition coefficient (Wildman–Crippen LogP) is -0.449. The first-order valence-corrected chi connectivity index (χ1v) is 5.69. The molecule has 3 N–H and O–H groups in total. The Kier molecular flexibility index (Phi) is 3.43. The van der Waals surface area contributed by atoms with Crippen molar-refractivity contribution in [2.45, 2.75) is 24.3 Å². The molecule has 0 radical (unpaired) electrons. The quantitative estimate of drug-likeness (QED) is 0.637. The molecule has 1 atom stereocenters. The highest BCUT2D eigenvalue weighted by atomic mass is 32.2. The molecule has 15 heavy (non-hydrogen) atoms. The number of aromatic nitrogens is 2. The standard InChI is InChI=1S/C7H11N3O4S/c1-2-6(7(11)12)10-15(13,14)5-3-8-9-4-5/h3-4,6,10H,2H2,1H3,(H,8,9)(H,11,12)/t6-/m0/s1. The molecule has 0 saturated carbocycles. The molecule has 0 aliphatic rings. The van der Waals surface area contributed by atoms with Gasteiger partial charge in [-0.2, -0.15) is 9.82 Å². The summed E-state index contributed by atoms with van der Waals surface area (Å²) in [6, 6.07) is -1.12. The van der Waals surface area contributed by atoms with Crippen LogP contribution in [0.4, 0.5) is 0 Å². The van der Waals surface area contributed by atoms with Gasteiger partial charge in [-0.25, -0.2) is 8.42 Å². The van der Waals surface area contributed by atoms with E-state index in [4.69, 9.17) is 5.11 Å². The normalized spacial score (nSPS) is 13.7. The highest BCUT2D eigenvalue weighted by Crippen LogP contribution is 2.06. The molecule has 1 aromatic heterocycles. The fourth-order valence-corrected chi connectivity index (χ4v) is 2.13. The van der Waals surface area contributed by atoms with E-state index in [0.717, 1.165) is 6.20 Å². The summed E-state index contributed by atoms with van der Waals surface area (Å²) >= 11 is 0. The van der Waals surface area contributed by atoms with E-state index < -0.39 is 22.0 Å². The van der Waals surface area contributed by atoms with E-state index in [2.05, 4.69) is 14.9 Å². The molecule has 0 aromatic carbocycles. The van der Waals surface area contributed by atoms with Gasteiger partial charge in [-0.1, -0.05) is 6.92 Å². The molecule has 0 unspecified atom stereocenters. The van der Waals surface area contributed by atoms with Gasteiger partial charge in [-0.05, 0) is 6.42 Å². The Hall–Kier alpha value is -1.41. The molecule has 0 amide bonds. The maximum Gasteiger partial charge on any atom is 0.321 e. The molecule has 84 valence electrons. The molecule has 0 spiro atoms. The van der Waals surface area contributed by atoms with E-state index >= 15 is 0 Å². The first-order chi connectivity index (χ1) is 6.97. The SMILES string of the molecule is CC[C@H](NS(=O)(=O)c1cn[nH]c1)C(=O)O. The van der Waals surface area contributed by atoms with Crippen LogP contribution in [-0.2, 0) is 14.8 Å². The van der Waals surface area contributed by atoms with Crippen LogP contribution in [0.15, 0.2) is 17.3 Å². The van der Waals surface area contributed by atoms with Crippen LogP contribution in [-0.4, -0.2) is 35.7 Å². The summed E-state index contributed by atoms with van der Waals surface area (Å²) in [5.74, 6) is -1.20. The largest absolute Gasteiger partial charge is 0.480 e. The fraction of sp³-hybridized carbons (Fsp3) is 0.429. The lowest BCUT2D eigenvalue weighted by Crippen LogP contribution is -2.40. The molecule has 1 rings (SSSR count). The zero-order valence-electron chi connectivity index (χ0n) is 7.97. The van der Waals surface area contributed by atoms with Crippen LogP contribution in [0, 0.1) is 0 Å². The lowest BCUT2D eigenvalue weighted by atomic mass is 10.2. The third kappa shape index (κ3) is 2.77. The minimum atomic E-state index is -3.80. The van der Waals surface area contributed by atoms with E-state index in [1.807, 2.05) is 0 Å². The molecule has 1 aromatic rings. The number of hydrogen-bond donors (Lipinski definition) is 3. The van der Waals surface area contributed by atoms with Gasteiger partial charge in [0, 0.05) is 6.20 Å². The third-order valence-corrected chi connectivity index (χ3v) is 3.23. The minimum absolute atomic E-state index is 0.0813. The average Bonchev–Trinajstić information content (AvgIpc) is 2.67. The van der Waals surface area contributed by atoms with Crippen LogP contribution in [0.25, 0.3) is 0 Å². The number of nitrogens with zero attached hydrogens (tertiary/aromatic N) is 1. The van der Waals surface area contributed by atoms with E-state index in [-0.39, 0.29) is 11.3 Å². The summed E-state index contributed by atoms with van der Waals surface area (Å²) in [5.41, 5.74) is 0. The molecule has 0 aliphatic carbocycles. The number of aromatic amines is 1. The van der Waals surface area contributed by atoms with E-state index in [0.29, 0.717) is 0 Å². The van der Waals surface area contributed by atoms with Gasteiger partial charge in [0.25, 0.3) is 0 Å².